The summed E-state index contributed by atoms with van der Waals surface area (Å²) in [5.74, 6) is 0. The molecule has 0 aromatic heterocycles. The van der Waals surface area contributed by atoms with Crippen molar-refractivity contribution in [3.63, 3.8) is 0 Å². The van der Waals surface area contributed by atoms with Gasteiger partial charge in [0.2, 0.25) is 0 Å². The van der Waals surface area contributed by atoms with Crippen LogP contribution in [0.4, 0.5) is 0 Å². The Morgan fingerprint density at radius 3 is 2.79 bits per heavy atom. The Bertz CT molecular complexity index is 183. The molecule has 0 radical (unpaired) electrons. The van der Waals surface area contributed by atoms with Crippen LogP contribution in [0.1, 0.15) is 26.2 Å². The summed E-state index contributed by atoms with van der Waals surface area (Å²) in [6, 6.07) is 1.47. The molecule has 2 aliphatic rings. The van der Waals surface area contributed by atoms with Crippen LogP contribution >= 0.6 is 0 Å². The molecule has 2 N–H and O–H groups in total. The van der Waals surface area contributed by atoms with Gasteiger partial charge < -0.3 is 10.6 Å². The number of likely N-dealkylation sites (N-methyl/N-ethyl adjacent to an activating group) is 1. The monoisotopic (exact) mass is 197 g/mol. The molecule has 0 aliphatic carbocycles. The molecule has 82 valence electrons. The highest BCUT2D eigenvalue weighted by molar-refractivity contribution is 4.90. The van der Waals surface area contributed by atoms with E-state index < -0.39 is 0 Å². The minimum atomic E-state index is 0.678. The molecule has 2 rings (SSSR count). The lowest BCUT2D eigenvalue weighted by Crippen LogP contribution is -2.44. The lowest BCUT2D eigenvalue weighted by molar-refractivity contribution is 0.182. The second-order valence-electron chi connectivity index (χ2n) is 4.61. The first-order valence-electron chi connectivity index (χ1n) is 6.03. The lowest BCUT2D eigenvalue weighted by Gasteiger charge is -2.29. The Balaban J connectivity index is 1.89. The fourth-order valence-corrected chi connectivity index (χ4v) is 2.96. The van der Waals surface area contributed by atoms with Crippen LogP contribution in [0.5, 0.6) is 0 Å². The van der Waals surface area contributed by atoms with E-state index in [9.17, 15) is 0 Å². The van der Waals surface area contributed by atoms with Crippen molar-refractivity contribution in [2.45, 2.75) is 38.3 Å². The molecule has 3 heteroatoms. The normalized spacial score (nSPS) is 35.6. The van der Waals surface area contributed by atoms with Crippen molar-refractivity contribution in [1.82, 2.24) is 9.80 Å². The SMILES string of the molecule is CCN1CCC(N2CCCC2CN)C1. The maximum atomic E-state index is 5.80. The third-order valence-corrected chi connectivity index (χ3v) is 3.86. The molecule has 2 saturated heterocycles. The molecule has 2 heterocycles. The fourth-order valence-electron chi connectivity index (χ4n) is 2.96. The quantitative estimate of drug-likeness (QED) is 0.715. The van der Waals surface area contributed by atoms with Crippen molar-refractivity contribution in [3.8, 4) is 0 Å². The predicted molar refractivity (Wildman–Crippen MR) is 59.3 cm³/mol. The van der Waals surface area contributed by atoms with Crippen LogP contribution in [0.15, 0.2) is 0 Å². The molecule has 14 heavy (non-hydrogen) atoms. The molecular weight excluding hydrogens is 174 g/mol. The molecule has 2 aliphatic heterocycles. The van der Waals surface area contributed by atoms with Crippen molar-refractivity contribution in [3.05, 3.63) is 0 Å². The molecule has 3 nitrogen and oxygen atoms in total. The summed E-state index contributed by atoms with van der Waals surface area (Å²) in [5, 5.41) is 0. The van der Waals surface area contributed by atoms with Gasteiger partial charge in [-0.05, 0) is 38.9 Å². The number of likely N-dealkylation sites (tertiary alicyclic amines) is 2. The van der Waals surface area contributed by atoms with Crippen molar-refractivity contribution < 1.29 is 0 Å². The van der Waals surface area contributed by atoms with E-state index in [1.165, 1.54) is 45.4 Å². The Morgan fingerprint density at radius 1 is 1.29 bits per heavy atom. The maximum absolute atomic E-state index is 5.80. The molecule has 2 unspecified atom stereocenters. The largest absolute Gasteiger partial charge is 0.329 e. The van der Waals surface area contributed by atoms with E-state index in [0.29, 0.717) is 6.04 Å². The molecule has 0 spiro atoms. The zero-order valence-corrected chi connectivity index (χ0v) is 9.28. The summed E-state index contributed by atoms with van der Waals surface area (Å²) in [7, 11) is 0. The molecule has 0 aromatic rings. The van der Waals surface area contributed by atoms with E-state index in [2.05, 4.69) is 16.7 Å². The Labute approximate surface area is 87.2 Å². The average molecular weight is 197 g/mol. The molecule has 2 fully saturated rings. The third-order valence-electron chi connectivity index (χ3n) is 3.86. The summed E-state index contributed by atoms with van der Waals surface area (Å²) >= 11 is 0. The van der Waals surface area contributed by atoms with E-state index in [4.69, 9.17) is 5.73 Å². The van der Waals surface area contributed by atoms with Crippen molar-refractivity contribution in [2.75, 3.05) is 32.7 Å². The molecular formula is C11H23N3. The second kappa shape index (κ2) is 4.60. The minimum Gasteiger partial charge on any atom is -0.329 e. The highest BCUT2D eigenvalue weighted by Gasteiger charge is 2.33. The number of nitrogens with two attached hydrogens (primary N) is 1. The minimum absolute atomic E-state index is 0.678. The van der Waals surface area contributed by atoms with Crippen LogP contribution in [-0.2, 0) is 0 Å². The van der Waals surface area contributed by atoms with E-state index in [1.807, 2.05) is 0 Å². The molecule has 0 bridgehead atoms. The fraction of sp³-hybridized carbons (Fsp3) is 1.00. The maximum Gasteiger partial charge on any atom is 0.0238 e. The summed E-state index contributed by atoms with van der Waals surface area (Å²) < 4.78 is 0. The zero-order valence-electron chi connectivity index (χ0n) is 9.28. The summed E-state index contributed by atoms with van der Waals surface area (Å²) in [5.41, 5.74) is 5.80. The summed E-state index contributed by atoms with van der Waals surface area (Å²) in [4.78, 5) is 5.21. The molecule has 2 atom stereocenters. The van der Waals surface area contributed by atoms with E-state index in [1.54, 1.807) is 0 Å². The molecule has 0 saturated carbocycles. The zero-order chi connectivity index (χ0) is 9.97. The summed E-state index contributed by atoms with van der Waals surface area (Å²) in [6.45, 7) is 8.15. The number of rotatable bonds is 3. The molecule has 0 aromatic carbocycles. The van der Waals surface area contributed by atoms with Gasteiger partial charge in [0.1, 0.15) is 0 Å². The van der Waals surface area contributed by atoms with Gasteiger partial charge in [0, 0.05) is 25.2 Å². The van der Waals surface area contributed by atoms with Crippen LogP contribution in [-0.4, -0.2) is 54.6 Å². The van der Waals surface area contributed by atoms with E-state index >= 15 is 0 Å². The predicted octanol–water partition coefficient (Wildman–Crippen LogP) is 0.504. The smallest absolute Gasteiger partial charge is 0.0238 e. The van der Waals surface area contributed by atoms with Gasteiger partial charge >= 0.3 is 0 Å². The Kier molecular flexibility index (Phi) is 3.42. The number of hydrogen-bond acceptors (Lipinski definition) is 3. The van der Waals surface area contributed by atoms with Crippen LogP contribution in [0.2, 0.25) is 0 Å². The van der Waals surface area contributed by atoms with Crippen molar-refractivity contribution in [2.24, 2.45) is 5.73 Å². The Morgan fingerprint density at radius 2 is 2.14 bits per heavy atom. The van der Waals surface area contributed by atoms with Gasteiger partial charge in [-0.1, -0.05) is 6.92 Å². The van der Waals surface area contributed by atoms with Gasteiger partial charge in [-0.3, -0.25) is 4.90 Å². The first-order valence-corrected chi connectivity index (χ1v) is 6.03. The molecule has 0 amide bonds. The van der Waals surface area contributed by atoms with Gasteiger partial charge in [-0.2, -0.15) is 0 Å². The average Bonchev–Trinajstić information content (AvgIpc) is 2.85. The Hall–Kier alpha value is -0.120. The van der Waals surface area contributed by atoms with Crippen LogP contribution in [0.3, 0.4) is 0 Å². The van der Waals surface area contributed by atoms with Crippen LogP contribution < -0.4 is 5.73 Å². The van der Waals surface area contributed by atoms with Gasteiger partial charge in [-0.15, -0.1) is 0 Å². The van der Waals surface area contributed by atoms with Gasteiger partial charge in [-0.25, -0.2) is 0 Å². The standard InChI is InChI=1S/C11H23N3/c1-2-13-7-5-11(9-13)14-6-3-4-10(14)8-12/h10-11H,2-9,12H2,1H3. The third kappa shape index (κ3) is 1.95. The van der Waals surface area contributed by atoms with Gasteiger partial charge in [0.15, 0.2) is 0 Å². The first-order chi connectivity index (χ1) is 6.85. The van der Waals surface area contributed by atoms with Crippen molar-refractivity contribution in [1.29, 1.82) is 0 Å². The highest BCUT2D eigenvalue weighted by atomic mass is 15.3. The lowest BCUT2D eigenvalue weighted by atomic mass is 10.1. The van der Waals surface area contributed by atoms with Crippen molar-refractivity contribution >= 4 is 0 Å². The second-order valence-corrected chi connectivity index (χ2v) is 4.61. The van der Waals surface area contributed by atoms with E-state index in [0.717, 1.165) is 12.6 Å². The van der Waals surface area contributed by atoms with Crippen LogP contribution in [0, 0.1) is 0 Å². The first kappa shape index (κ1) is 10.4. The van der Waals surface area contributed by atoms with E-state index in [-0.39, 0.29) is 0 Å². The summed E-state index contributed by atoms with van der Waals surface area (Å²) in [6.07, 6.45) is 4.02. The van der Waals surface area contributed by atoms with Crippen LogP contribution in [0.25, 0.3) is 0 Å². The number of hydrogen-bond donors (Lipinski definition) is 1. The number of nitrogens with zero attached hydrogens (tertiary/aromatic N) is 2. The van der Waals surface area contributed by atoms with Gasteiger partial charge in [0.25, 0.3) is 0 Å². The van der Waals surface area contributed by atoms with Gasteiger partial charge in [0.05, 0.1) is 0 Å². The highest BCUT2D eigenvalue weighted by Crippen LogP contribution is 2.24. The topological polar surface area (TPSA) is 32.5 Å².